The monoisotopic (exact) mass is 381 g/mol. The lowest BCUT2D eigenvalue weighted by molar-refractivity contribution is -0.118. The van der Waals surface area contributed by atoms with Crippen LogP contribution in [0, 0.1) is 13.8 Å². The van der Waals surface area contributed by atoms with E-state index in [1.165, 1.54) is 11.1 Å². The molecule has 0 unspecified atom stereocenters. The van der Waals surface area contributed by atoms with Gasteiger partial charge in [0.15, 0.2) is 5.13 Å². The summed E-state index contributed by atoms with van der Waals surface area (Å²) in [6.07, 6.45) is 1.32. The molecular weight excluding hydrogens is 354 g/mol. The largest absolute Gasteiger partial charge is 0.309 e. The number of amides is 1. The van der Waals surface area contributed by atoms with Gasteiger partial charge in [0.25, 0.3) is 0 Å². The van der Waals surface area contributed by atoms with Gasteiger partial charge < -0.3 is 4.90 Å². The third kappa shape index (κ3) is 4.73. The summed E-state index contributed by atoms with van der Waals surface area (Å²) in [5.41, 5.74) is 4.47. The van der Waals surface area contributed by atoms with Gasteiger partial charge in [0.05, 0.1) is 16.6 Å². The Labute approximate surface area is 165 Å². The van der Waals surface area contributed by atoms with E-state index in [9.17, 15) is 4.79 Å². The second-order valence-electron chi connectivity index (χ2n) is 7.22. The molecule has 0 aliphatic rings. The number of thiazole rings is 1. The van der Waals surface area contributed by atoms with Crippen LogP contribution in [0.1, 0.15) is 23.1 Å². The van der Waals surface area contributed by atoms with Crippen molar-refractivity contribution >= 4 is 32.6 Å². The van der Waals surface area contributed by atoms with Crippen LogP contribution >= 0.6 is 11.3 Å². The number of hydrogen-bond acceptors (Lipinski definition) is 4. The molecule has 0 N–H and O–H groups in total. The molecule has 0 aliphatic heterocycles. The van der Waals surface area contributed by atoms with Crippen LogP contribution in [0.25, 0.3) is 10.2 Å². The van der Waals surface area contributed by atoms with Crippen LogP contribution in [0.3, 0.4) is 0 Å². The third-order valence-corrected chi connectivity index (χ3v) is 5.83. The first-order chi connectivity index (χ1) is 13.0. The molecule has 1 heterocycles. The van der Waals surface area contributed by atoms with Crippen molar-refractivity contribution in [1.29, 1.82) is 0 Å². The summed E-state index contributed by atoms with van der Waals surface area (Å²) in [6.45, 7) is 5.83. The molecule has 3 rings (SSSR count). The van der Waals surface area contributed by atoms with E-state index in [0.29, 0.717) is 13.0 Å². The number of aromatic nitrogens is 1. The summed E-state index contributed by atoms with van der Waals surface area (Å²) in [5, 5.41) is 0.804. The van der Waals surface area contributed by atoms with Gasteiger partial charge in [-0.15, -0.1) is 0 Å². The maximum atomic E-state index is 13.1. The van der Waals surface area contributed by atoms with E-state index in [2.05, 4.69) is 45.0 Å². The molecule has 4 nitrogen and oxygen atoms in total. The van der Waals surface area contributed by atoms with Crippen molar-refractivity contribution < 1.29 is 4.79 Å². The molecule has 142 valence electrons. The highest BCUT2D eigenvalue weighted by Gasteiger charge is 2.20. The normalized spacial score (nSPS) is 11.3. The average molecular weight is 382 g/mol. The molecule has 0 spiro atoms. The van der Waals surface area contributed by atoms with Crippen LogP contribution < -0.4 is 4.90 Å². The molecule has 1 aromatic heterocycles. The van der Waals surface area contributed by atoms with Crippen molar-refractivity contribution in [1.82, 2.24) is 9.88 Å². The minimum Gasteiger partial charge on any atom is -0.309 e. The molecule has 2 aromatic carbocycles. The zero-order chi connectivity index (χ0) is 19.4. The van der Waals surface area contributed by atoms with Crippen molar-refractivity contribution in [2.45, 2.75) is 26.7 Å². The molecule has 0 atom stereocenters. The summed E-state index contributed by atoms with van der Waals surface area (Å²) in [5.74, 6) is 0.105. The zero-order valence-corrected chi connectivity index (χ0v) is 17.3. The number of carbonyl (C=O) groups is 1. The number of benzene rings is 2. The predicted octanol–water partition coefficient (Wildman–Crippen LogP) is 4.44. The molecule has 0 saturated carbocycles. The standard InChI is InChI=1S/C22H27N3OS/c1-16-11-12-19-21(17(16)2)23-22(27-19)25(14-8-13-24(3)4)20(26)15-18-9-6-5-7-10-18/h5-7,9-12H,8,13-15H2,1-4H3. The average Bonchev–Trinajstić information content (AvgIpc) is 3.07. The van der Waals surface area contributed by atoms with Crippen molar-refractivity contribution in [3.05, 3.63) is 59.2 Å². The summed E-state index contributed by atoms with van der Waals surface area (Å²) in [6, 6.07) is 14.2. The van der Waals surface area contributed by atoms with Gasteiger partial charge in [0.1, 0.15) is 0 Å². The van der Waals surface area contributed by atoms with Gasteiger partial charge in [0, 0.05) is 6.54 Å². The van der Waals surface area contributed by atoms with E-state index < -0.39 is 0 Å². The van der Waals surface area contributed by atoms with Gasteiger partial charge in [-0.2, -0.15) is 0 Å². The maximum Gasteiger partial charge on any atom is 0.233 e. The number of anilines is 1. The summed E-state index contributed by atoms with van der Waals surface area (Å²) < 4.78 is 1.14. The van der Waals surface area contributed by atoms with E-state index in [1.807, 2.05) is 35.2 Å². The Bertz CT molecular complexity index is 918. The Kier molecular flexibility index (Phi) is 6.24. The van der Waals surface area contributed by atoms with E-state index in [1.54, 1.807) is 11.3 Å². The first-order valence-corrected chi connectivity index (χ1v) is 10.1. The summed E-state index contributed by atoms with van der Waals surface area (Å²) in [7, 11) is 4.11. The summed E-state index contributed by atoms with van der Waals surface area (Å²) in [4.78, 5) is 22.0. The van der Waals surface area contributed by atoms with E-state index in [-0.39, 0.29) is 5.91 Å². The Balaban J connectivity index is 1.89. The highest BCUT2D eigenvalue weighted by Crippen LogP contribution is 2.32. The van der Waals surface area contributed by atoms with Crippen LogP contribution in [0.5, 0.6) is 0 Å². The number of aryl methyl sites for hydroxylation is 2. The van der Waals surface area contributed by atoms with Crippen molar-refractivity contribution in [3.8, 4) is 0 Å². The molecule has 27 heavy (non-hydrogen) atoms. The van der Waals surface area contributed by atoms with Crippen molar-refractivity contribution in [2.75, 3.05) is 32.1 Å². The van der Waals surface area contributed by atoms with Gasteiger partial charge >= 0.3 is 0 Å². The molecule has 0 bridgehead atoms. The van der Waals surface area contributed by atoms with E-state index >= 15 is 0 Å². The molecule has 5 heteroatoms. The maximum absolute atomic E-state index is 13.1. The number of nitrogens with zero attached hydrogens (tertiary/aromatic N) is 3. The second kappa shape index (κ2) is 8.63. The van der Waals surface area contributed by atoms with Crippen LogP contribution in [0.15, 0.2) is 42.5 Å². The fourth-order valence-electron chi connectivity index (χ4n) is 3.07. The van der Waals surface area contributed by atoms with Crippen LogP contribution in [-0.2, 0) is 11.2 Å². The molecule has 3 aromatic rings. The number of fused-ring (bicyclic) bond motifs is 1. The van der Waals surface area contributed by atoms with Crippen molar-refractivity contribution in [2.24, 2.45) is 0 Å². The summed E-state index contributed by atoms with van der Waals surface area (Å²) >= 11 is 1.61. The smallest absolute Gasteiger partial charge is 0.233 e. The fraction of sp³-hybridized carbons (Fsp3) is 0.364. The van der Waals surface area contributed by atoms with Gasteiger partial charge in [-0.25, -0.2) is 4.98 Å². The van der Waals surface area contributed by atoms with Gasteiger partial charge in [0.2, 0.25) is 5.91 Å². The van der Waals surface area contributed by atoms with E-state index in [0.717, 1.165) is 33.9 Å². The highest BCUT2D eigenvalue weighted by molar-refractivity contribution is 7.22. The predicted molar refractivity (Wildman–Crippen MR) is 115 cm³/mol. The fourth-order valence-corrected chi connectivity index (χ4v) is 4.14. The topological polar surface area (TPSA) is 36.4 Å². The minimum absolute atomic E-state index is 0.105. The molecule has 1 amide bonds. The van der Waals surface area contributed by atoms with Gasteiger partial charge in [-0.1, -0.05) is 47.7 Å². The Morgan fingerprint density at radius 3 is 2.48 bits per heavy atom. The van der Waals surface area contributed by atoms with Gasteiger partial charge in [-0.05, 0) is 63.7 Å². The lowest BCUT2D eigenvalue weighted by atomic mass is 10.1. The zero-order valence-electron chi connectivity index (χ0n) is 16.5. The molecule has 0 fully saturated rings. The minimum atomic E-state index is 0.105. The van der Waals surface area contributed by atoms with Gasteiger partial charge in [-0.3, -0.25) is 9.69 Å². The number of hydrogen-bond donors (Lipinski definition) is 0. The van der Waals surface area contributed by atoms with Crippen molar-refractivity contribution in [3.63, 3.8) is 0 Å². The molecular formula is C22H27N3OS. The first kappa shape index (κ1) is 19.5. The second-order valence-corrected chi connectivity index (χ2v) is 8.22. The third-order valence-electron chi connectivity index (χ3n) is 4.79. The Morgan fingerprint density at radius 1 is 1.04 bits per heavy atom. The Morgan fingerprint density at radius 2 is 1.78 bits per heavy atom. The number of carbonyl (C=O) groups excluding carboxylic acids is 1. The Hall–Kier alpha value is -2.24. The number of rotatable bonds is 7. The lowest BCUT2D eigenvalue weighted by Crippen LogP contribution is -2.34. The molecule has 0 saturated heterocycles. The molecule has 0 aliphatic carbocycles. The van der Waals surface area contributed by atoms with Crippen LogP contribution in [0.4, 0.5) is 5.13 Å². The molecule has 0 radical (unpaired) electrons. The van der Waals surface area contributed by atoms with Crippen LogP contribution in [0.2, 0.25) is 0 Å². The van der Waals surface area contributed by atoms with Crippen LogP contribution in [-0.4, -0.2) is 43.0 Å². The first-order valence-electron chi connectivity index (χ1n) is 9.31. The highest BCUT2D eigenvalue weighted by atomic mass is 32.1. The SMILES string of the molecule is Cc1ccc2sc(N(CCCN(C)C)C(=O)Cc3ccccc3)nc2c1C. The quantitative estimate of drug-likeness (QED) is 0.607. The lowest BCUT2D eigenvalue weighted by Gasteiger charge is -2.21. The van der Waals surface area contributed by atoms with E-state index in [4.69, 9.17) is 4.98 Å².